The van der Waals surface area contributed by atoms with Crippen molar-refractivity contribution in [2.24, 2.45) is 0 Å². The Morgan fingerprint density at radius 3 is 1.79 bits per heavy atom. The fourth-order valence-corrected chi connectivity index (χ4v) is 0.664. The molecule has 0 aliphatic rings. The second-order valence-corrected chi connectivity index (χ2v) is 2.41. The molecular weight excluding hydrogens is 178 g/mol. The lowest BCUT2D eigenvalue weighted by Crippen LogP contribution is -1.87. The van der Waals surface area contributed by atoms with Crippen molar-refractivity contribution in [3.8, 4) is 0 Å². The van der Waals surface area contributed by atoms with Crippen molar-refractivity contribution in [3.05, 3.63) is 43.1 Å². The predicted octanol–water partition coefficient (Wildman–Crippen LogP) is 0.723. The molecular formula is C9H11N5. The zero-order chi connectivity index (χ0) is 10.2. The summed E-state index contributed by atoms with van der Waals surface area (Å²) in [5, 5.41) is 0. The van der Waals surface area contributed by atoms with Gasteiger partial charge in [0.1, 0.15) is 12.1 Å². The first-order chi connectivity index (χ1) is 6.79. The molecule has 2 rings (SSSR count). The van der Waals surface area contributed by atoms with Gasteiger partial charge in [0.2, 0.25) is 0 Å². The topological polar surface area (TPSA) is 90.7 Å². The van der Waals surface area contributed by atoms with Gasteiger partial charge in [0.05, 0.1) is 0 Å². The minimum Gasteiger partial charge on any atom is -0.399 e. The van der Waals surface area contributed by atoms with Crippen LogP contribution in [0.4, 0.5) is 11.5 Å². The van der Waals surface area contributed by atoms with E-state index in [2.05, 4.69) is 15.0 Å². The summed E-state index contributed by atoms with van der Waals surface area (Å²) < 4.78 is 0. The molecule has 0 radical (unpaired) electrons. The third-order valence-electron chi connectivity index (χ3n) is 1.31. The lowest BCUT2D eigenvalue weighted by molar-refractivity contribution is 1.18. The average molecular weight is 189 g/mol. The van der Waals surface area contributed by atoms with Gasteiger partial charge in [-0.15, -0.1) is 0 Å². The van der Waals surface area contributed by atoms with Crippen LogP contribution < -0.4 is 11.5 Å². The van der Waals surface area contributed by atoms with Crippen LogP contribution >= 0.6 is 0 Å². The molecule has 0 unspecified atom stereocenters. The maximum absolute atomic E-state index is 5.32. The smallest absolute Gasteiger partial charge is 0.126 e. The van der Waals surface area contributed by atoms with Crippen molar-refractivity contribution >= 4 is 11.5 Å². The van der Waals surface area contributed by atoms with Crippen LogP contribution in [0.3, 0.4) is 0 Å². The van der Waals surface area contributed by atoms with Gasteiger partial charge in [-0.3, -0.25) is 4.98 Å². The highest BCUT2D eigenvalue weighted by atomic mass is 14.9. The molecule has 2 aromatic heterocycles. The monoisotopic (exact) mass is 189 g/mol. The molecule has 0 aliphatic carbocycles. The number of hydrogen-bond acceptors (Lipinski definition) is 5. The van der Waals surface area contributed by atoms with E-state index >= 15 is 0 Å². The number of aromatic nitrogens is 3. The molecule has 0 spiro atoms. The van der Waals surface area contributed by atoms with Crippen LogP contribution in [0, 0.1) is 0 Å². The van der Waals surface area contributed by atoms with E-state index in [1.165, 1.54) is 6.33 Å². The van der Waals surface area contributed by atoms with Crippen molar-refractivity contribution in [2.75, 3.05) is 11.5 Å². The van der Waals surface area contributed by atoms with Crippen LogP contribution in [0.25, 0.3) is 0 Å². The SMILES string of the molecule is Nc1ccncc1.Nc1ccncn1. The normalized spacial score (nSPS) is 8.57. The third kappa shape index (κ3) is 4.01. The number of hydrogen-bond donors (Lipinski definition) is 2. The Hall–Kier alpha value is -2.17. The number of nitrogens with zero attached hydrogens (tertiary/aromatic N) is 3. The predicted molar refractivity (Wildman–Crippen MR) is 55.1 cm³/mol. The van der Waals surface area contributed by atoms with E-state index in [1.807, 2.05) is 0 Å². The standard InChI is InChI=1S/C5H6N2.C4H5N3/c6-5-1-3-7-4-2-5;5-4-1-2-6-3-7-4/h1-4H,(H2,6,7);1-3H,(H2,5,6,7). The molecule has 0 fully saturated rings. The van der Waals surface area contributed by atoms with Crippen molar-refractivity contribution in [2.45, 2.75) is 0 Å². The number of pyridine rings is 1. The minimum absolute atomic E-state index is 0.509. The second-order valence-electron chi connectivity index (χ2n) is 2.41. The molecule has 5 heteroatoms. The number of anilines is 2. The first-order valence-corrected chi connectivity index (χ1v) is 3.96. The van der Waals surface area contributed by atoms with E-state index in [9.17, 15) is 0 Å². The van der Waals surface area contributed by atoms with Crippen molar-refractivity contribution < 1.29 is 0 Å². The molecule has 0 atom stereocenters. The molecule has 4 N–H and O–H groups in total. The van der Waals surface area contributed by atoms with Crippen LogP contribution in [0.1, 0.15) is 0 Å². The minimum atomic E-state index is 0.509. The van der Waals surface area contributed by atoms with Gasteiger partial charge < -0.3 is 11.5 Å². The highest BCUT2D eigenvalue weighted by Gasteiger charge is 1.74. The maximum atomic E-state index is 5.32. The van der Waals surface area contributed by atoms with Gasteiger partial charge in [0.25, 0.3) is 0 Å². The Bertz CT molecular complexity index is 311. The number of nitrogens with two attached hydrogens (primary N) is 2. The van der Waals surface area contributed by atoms with E-state index < -0.39 is 0 Å². The number of nitrogen functional groups attached to an aromatic ring is 2. The highest BCUT2D eigenvalue weighted by molar-refractivity contribution is 5.33. The Labute approximate surface area is 81.8 Å². The average Bonchev–Trinajstić information content (AvgIpc) is 2.21. The largest absolute Gasteiger partial charge is 0.399 e. The van der Waals surface area contributed by atoms with E-state index in [4.69, 9.17) is 11.5 Å². The second kappa shape index (κ2) is 5.47. The molecule has 0 bridgehead atoms. The molecule has 72 valence electrons. The van der Waals surface area contributed by atoms with Gasteiger partial charge in [-0.1, -0.05) is 0 Å². The first-order valence-electron chi connectivity index (χ1n) is 3.96. The summed E-state index contributed by atoms with van der Waals surface area (Å²) in [4.78, 5) is 11.1. The first kappa shape index (κ1) is 9.91. The summed E-state index contributed by atoms with van der Waals surface area (Å²) in [6.07, 6.45) is 6.34. The van der Waals surface area contributed by atoms with E-state index in [0.29, 0.717) is 5.82 Å². The van der Waals surface area contributed by atoms with Gasteiger partial charge >= 0.3 is 0 Å². The lowest BCUT2D eigenvalue weighted by Gasteiger charge is -1.83. The highest BCUT2D eigenvalue weighted by Crippen LogP contribution is 1.92. The van der Waals surface area contributed by atoms with E-state index in [1.54, 1.807) is 36.8 Å². The summed E-state index contributed by atoms with van der Waals surface area (Å²) in [6, 6.07) is 5.14. The van der Waals surface area contributed by atoms with E-state index in [0.717, 1.165) is 5.69 Å². The van der Waals surface area contributed by atoms with Gasteiger partial charge in [-0.25, -0.2) is 9.97 Å². The number of rotatable bonds is 0. The zero-order valence-electron chi connectivity index (χ0n) is 7.54. The fourth-order valence-electron chi connectivity index (χ4n) is 0.664. The molecule has 14 heavy (non-hydrogen) atoms. The summed E-state index contributed by atoms with van der Waals surface area (Å²) >= 11 is 0. The van der Waals surface area contributed by atoms with Gasteiger partial charge in [0.15, 0.2) is 0 Å². The third-order valence-corrected chi connectivity index (χ3v) is 1.31. The Kier molecular flexibility index (Phi) is 3.87. The van der Waals surface area contributed by atoms with Crippen molar-refractivity contribution in [1.82, 2.24) is 15.0 Å². The molecule has 2 aromatic rings. The molecule has 0 saturated carbocycles. The van der Waals surface area contributed by atoms with Crippen molar-refractivity contribution in [1.29, 1.82) is 0 Å². The van der Waals surface area contributed by atoms with E-state index in [-0.39, 0.29) is 0 Å². The van der Waals surface area contributed by atoms with Crippen LogP contribution in [-0.4, -0.2) is 15.0 Å². The van der Waals surface area contributed by atoms with Gasteiger partial charge in [0, 0.05) is 24.3 Å². The lowest BCUT2D eigenvalue weighted by atomic mass is 10.4. The van der Waals surface area contributed by atoms with Crippen LogP contribution in [-0.2, 0) is 0 Å². The van der Waals surface area contributed by atoms with Crippen LogP contribution in [0.2, 0.25) is 0 Å². The Morgan fingerprint density at radius 2 is 1.50 bits per heavy atom. The molecule has 0 saturated heterocycles. The van der Waals surface area contributed by atoms with Crippen LogP contribution in [0.15, 0.2) is 43.1 Å². The Morgan fingerprint density at radius 1 is 0.857 bits per heavy atom. The van der Waals surface area contributed by atoms with Crippen LogP contribution in [0.5, 0.6) is 0 Å². The summed E-state index contributed by atoms with van der Waals surface area (Å²) in [6.45, 7) is 0. The zero-order valence-corrected chi connectivity index (χ0v) is 7.54. The molecule has 0 amide bonds. The quantitative estimate of drug-likeness (QED) is 0.637. The fraction of sp³-hybridized carbons (Fsp3) is 0. The van der Waals surface area contributed by atoms with Gasteiger partial charge in [-0.05, 0) is 18.2 Å². The summed E-state index contributed by atoms with van der Waals surface area (Å²) in [5.74, 6) is 0.509. The van der Waals surface area contributed by atoms with Gasteiger partial charge in [-0.2, -0.15) is 0 Å². The summed E-state index contributed by atoms with van der Waals surface area (Å²) in [5.41, 5.74) is 11.3. The summed E-state index contributed by atoms with van der Waals surface area (Å²) in [7, 11) is 0. The van der Waals surface area contributed by atoms with Crippen molar-refractivity contribution in [3.63, 3.8) is 0 Å². The Balaban J connectivity index is 0.000000140. The molecule has 2 heterocycles. The maximum Gasteiger partial charge on any atom is 0.126 e. The molecule has 0 aliphatic heterocycles. The molecule has 0 aromatic carbocycles. The molecule has 5 nitrogen and oxygen atoms in total.